The summed E-state index contributed by atoms with van der Waals surface area (Å²) in [7, 11) is 1.72. The first kappa shape index (κ1) is 7.41. The molecule has 0 aromatic heterocycles. The molecule has 1 rings (SSSR count). The van der Waals surface area contributed by atoms with Crippen molar-refractivity contribution in [1.29, 1.82) is 0 Å². The van der Waals surface area contributed by atoms with Gasteiger partial charge in [0.1, 0.15) is 0 Å². The minimum atomic E-state index is 0.271. The highest BCUT2D eigenvalue weighted by Gasteiger charge is 2.18. The topological polar surface area (TPSA) is 47.3 Å². The first-order valence-corrected chi connectivity index (χ1v) is 3.49. The van der Waals surface area contributed by atoms with Gasteiger partial charge in [0.2, 0.25) is 0 Å². The predicted octanol–water partition coefficient (Wildman–Crippen LogP) is 0.183. The van der Waals surface area contributed by atoms with Gasteiger partial charge in [0.15, 0.2) is 0 Å². The Morgan fingerprint density at radius 1 is 1.80 bits per heavy atom. The normalized spacial score (nSPS) is 32.8. The van der Waals surface area contributed by atoms with Crippen LogP contribution in [0.2, 0.25) is 0 Å². The van der Waals surface area contributed by atoms with Gasteiger partial charge in [-0.3, -0.25) is 0 Å². The van der Waals surface area contributed by atoms with Gasteiger partial charge in [0.05, 0.1) is 18.0 Å². The molecule has 0 saturated carbocycles. The smallest absolute Gasteiger partial charge is 0.0922 e. The van der Waals surface area contributed by atoms with Gasteiger partial charge in [0, 0.05) is 7.11 Å². The maximum atomic E-state index is 5.54. The SMILES string of the molecule is COC1CC=C(N)N[C@H]1C. The molecule has 0 aliphatic carbocycles. The maximum absolute atomic E-state index is 5.54. The molecule has 2 atom stereocenters. The van der Waals surface area contributed by atoms with Crippen LogP contribution in [0.25, 0.3) is 0 Å². The van der Waals surface area contributed by atoms with Gasteiger partial charge in [-0.05, 0) is 19.4 Å². The van der Waals surface area contributed by atoms with E-state index in [1.54, 1.807) is 7.11 Å². The second-order valence-corrected chi connectivity index (χ2v) is 2.60. The van der Waals surface area contributed by atoms with E-state index in [9.17, 15) is 0 Å². The molecule has 3 nitrogen and oxygen atoms in total. The van der Waals surface area contributed by atoms with Gasteiger partial charge in [-0.1, -0.05) is 0 Å². The van der Waals surface area contributed by atoms with E-state index in [0.717, 1.165) is 12.2 Å². The van der Waals surface area contributed by atoms with Crippen molar-refractivity contribution >= 4 is 0 Å². The number of nitrogens with two attached hydrogens (primary N) is 1. The van der Waals surface area contributed by atoms with Crippen LogP contribution in [0.5, 0.6) is 0 Å². The molecule has 0 bridgehead atoms. The molecule has 1 heterocycles. The van der Waals surface area contributed by atoms with E-state index in [1.807, 2.05) is 6.08 Å². The molecule has 1 aliphatic heterocycles. The fourth-order valence-corrected chi connectivity index (χ4v) is 1.16. The summed E-state index contributed by atoms with van der Waals surface area (Å²) in [5.41, 5.74) is 5.54. The van der Waals surface area contributed by atoms with Crippen LogP contribution in [-0.2, 0) is 4.74 Å². The predicted molar refractivity (Wildman–Crippen MR) is 40.3 cm³/mol. The third-order valence-corrected chi connectivity index (χ3v) is 1.82. The Bertz CT molecular complexity index is 145. The standard InChI is InChI=1S/C7H14N2O/c1-5-6(10-2)3-4-7(8)9-5/h4-6,9H,3,8H2,1-2H3/t5-,6?/m0/s1. The lowest BCUT2D eigenvalue weighted by Crippen LogP contribution is -2.43. The first-order chi connectivity index (χ1) is 4.74. The van der Waals surface area contributed by atoms with E-state index in [2.05, 4.69) is 12.2 Å². The molecular weight excluding hydrogens is 128 g/mol. The summed E-state index contributed by atoms with van der Waals surface area (Å²) in [6.07, 6.45) is 3.14. The Labute approximate surface area is 61.2 Å². The Hall–Kier alpha value is -0.700. The monoisotopic (exact) mass is 142 g/mol. The molecule has 0 fully saturated rings. The second-order valence-electron chi connectivity index (χ2n) is 2.60. The van der Waals surface area contributed by atoms with E-state index in [-0.39, 0.29) is 6.10 Å². The van der Waals surface area contributed by atoms with Crippen molar-refractivity contribution in [2.24, 2.45) is 5.73 Å². The zero-order chi connectivity index (χ0) is 7.56. The molecule has 3 N–H and O–H groups in total. The van der Waals surface area contributed by atoms with E-state index in [1.165, 1.54) is 0 Å². The number of hydrogen-bond acceptors (Lipinski definition) is 3. The van der Waals surface area contributed by atoms with Crippen LogP contribution in [0.3, 0.4) is 0 Å². The third-order valence-electron chi connectivity index (χ3n) is 1.82. The summed E-state index contributed by atoms with van der Waals surface area (Å²) in [5, 5.41) is 3.09. The van der Waals surface area contributed by atoms with Gasteiger partial charge in [-0.25, -0.2) is 0 Å². The van der Waals surface area contributed by atoms with Crippen molar-refractivity contribution in [3.8, 4) is 0 Å². The van der Waals surface area contributed by atoms with E-state index >= 15 is 0 Å². The Morgan fingerprint density at radius 3 is 3.00 bits per heavy atom. The lowest BCUT2D eigenvalue weighted by atomic mass is 10.1. The molecule has 1 unspecified atom stereocenters. The molecule has 0 aromatic carbocycles. The first-order valence-electron chi connectivity index (χ1n) is 3.49. The fourth-order valence-electron chi connectivity index (χ4n) is 1.16. The highest BCUT2D eigenvalue weighted by Crippen LogP contribution is 2.10. The van der Waals surface area contributed by atoms with Crippen molar-refractivity contribution < 1.29 is 4.74 Å². The lowest BCUT2D eigenvalue weighted by Gasteiger charge is -2.27. The largest absolute Gasteiger partial charge is 0.386 e. The zero-order valence-electron chi connectivity index (χ0n) is 6.42. The van der Waals surface area contributed by atoms with Gasteiger partial charge >= 0.3 is 0 Å². The Balaban J connectivity index is 2.52. The quantitative estimate of drug-likeness (QED) is 0.549. The number of nitrogens with one attached hydrogen (secondary N) is 1. The minimum absolute atomic E-state index is 0.271. The molecule has 1 aliphatic rings. The maximum Gasteiger partial charge on any atom is 0.0922 e. The van der Waals surface area contributed by atoms with E-state index in [0.29, 0.717) is 6.04 Å². The number of methoxy groups -OCH3 is 1. The van der Waals surface area contributed by atoms with Crippen molar-refractivity contribution in [1.82, 2.24) is 5.32 Å². The van der Waals surface area contributed by atoms with Crippen molar-refractivity contribution in [3.05, 3.63) is 11.9 Å². The number of ether oxygens (including phenoxy) is 1. The molecule has 0 spiro atoms. The number of rotatable bonds is 1. The van der Waals surface area contributed by atoms with Crippen LogP contribution in [0.15, 0.2) is 11.9 Å². The zero-order valence-corrected chi connectivity index (χ0v) is 6.42. The highest BCUT2D eigenvalue weighted by atomic mass is 16.5. The summed E-state index contributed by atoms with van der Waals surface area (Å²) in [4.78, 5) is 0. The Kier molecular flexibility index (Phi) is 2.17. The highest BCUT2D eigenvalue weighted by molar-refractivity contribution is 5.03. The fraction of sp³-hybridized carbons (Fsp3) is 0.714. The van der Waals surface area contributed by atoms with Gasteiger partial charge in [-0.2, -0.15) is 0 Å². The molecule has 10 heavy (non-hydrogen) atoms. The molecule has 58 valence electrons. The van der Waals surface area contributed by atoms with Crippen LogP contribution < -0.4 is 11.1 Å². The van der Waals surface area contributed by atoms with E-state index < -0.39 is 0 Å². The summed E-state index contributed by atoms with van der Waals surface area (Å²) in [6, 6.07) is 0.329. The van der Waals surface area contributed by atoms with E-state index in [4.69, 9.17) is 10.5 Å². The van der Waals surface area contributed by atoms with Crippen LogP contribution in [0, 0.1) is 0 Å². The van der Waals surface area contributed by atoms with Crippen LogP contribution >= 0.6 is 0 Å². The summed E-state index contributed by atoms with van der Waals surface area (Å²) < 4.78 is 5.19. The average Bonchev–Trinajstić information content (AvgIpc) is 1.88. The van der Waals surface area contributed by atoms with Crippen molar-refractivity contribution in [3.63, 3.8) is 0 Å². The lowest BCUT2D eigenvalue weighted by molar-refractivity contribution is 0.0738. The molecule has 0 amide bonds. The second kappa shape index (κ2) is 2.92. The summed E-state index contributed by atoms with van der Waals surface area (Å²) >= 11 is 0. The summed E-state index contributed by atoms with van der Waals surface area (Å²) in [5.74, 6) is 0.765. The third kappa shape index (κ3) is 1.42. The van der Waals surface area contributed by atoms with Gasteiger partial charge in [0.25, 0.3) is 0 Å². The molecule has 3 heteroatoms. The Morgan fingerprint density at radius 2 is 2.50 bits per heavy atom. The van der Waals surface area contributed by atoms with Crippen molar-refractivity contribution in [2.75, 3.05) is 7.11 Å². The minimum Gasteiger partial charge on any atom is -0.386 e. The van der Waals surface area contributed by atoms with Crippen LogP contribution in [0.1, 0.15) is 13.3 Å². The molecule has 0 radical (unpaired) electrons. The van der Waals surface area contributed by atoms with Gasteiger partial charge < -0.3 is 15.8 Å². The number of hydrogen-bond donors (Lipinski definition) is 2. The molecular formula is C7H14N2O. The average molecular weight is 142 g/mol. The van der Waals surface area contributed by atoms with Crippen LogP contribution in [0.4, 0.5) is 0 Å². The molecule has 0 saturated heterocycles. The van der Waals surface area contributed by atoms with Crippen molar-refractivity contribution in [2.45, 2.75) is 25.5 Å². The van der Waals surface area contributed by atoms with Gasteiger partial charge in [-0.15, -0.1) is 0 Å². The van der Waals surface area contributed by atoms with Crippen LogP contribution in [-0.4, -0.2) is 19.3 Å². The molecule has 0 aromatic rings. The summed E-state index contributed by atoms with van der Waals surface area (Å²) in [6.45, 7) is 2.06.